The number of aliphatic carboxylic acids is 1. The molecule has 0 aliphatic rings. The summed E-state index contributed by atoms with van der Waals surface area (Å²) < 4.78 is 6.91. The molecule has 0 bridgehead atoms. The van der Waals surface area contributed by atoms with Gasteiger partial charge < -0.3 is 15.4 Å². The van der Waals surface area contributed by atoms with E-state index in [0.717, 1.165) is 0 Å². The lowest BCUT2D eigenvalue weighted by Crippen LogP contribution is -2.42. The van der Waals surface area contributed by atoms with Gasteiger partial charge in [-0.15, -0.1) is 0 Å². The number of aromatic amines is 1. The van der Waals surface area contributed by atoms with E-state index in [2.05, 4.69) is 15.3 Å². The number of carboxylic acids is 1. The Morgan fingerprint density at radius 1 is 1.75 bits per heavy atom. The van der Waals surface area contributed by atoms with E-state index in [9.17, 15) is 9.59 Å². The first kappa shape index (κ1) is 10.7. The number of hydrogen-bond acceptors (Lipinski definition) is 3. The number of carbonyl (C=O) groups is 2. The van der Waals surface area contributed by atoms with Crippen LogP contribution in [0.25, 0.3) is 0 Å². The number of hydrogen-bond donors (Lipinski definition) is 3. The van der Waals surface area contributed by atoms with E-state index in [4.69, 9.17) is 6.48 Å². The summed E-state index contributed by atoms with van der Waals surface area (Å²) in [4.78, 5) is 28.9. The predicted molar refractivity (Wildman–Crippen MR) is 56.8 cm³/mol. The van der Waals surface area contributed by atoms with Gasteiger partial charge in [-0.25, -0.2) is 9.78 Å². The molecule has 1 rings (SSSR count). The Labute approximate surface area is 94.5 Å². The molecule has 0 spiro atoms. The number of nitrogens with zero attached hydrogens (tertiary/aromatic N) is 1. The third-order valence-corrected chi connectivity index (χ3v) is 2.02. The second kappa shape index (κ2) is 5.89. The zero-order valence-corrected chi connectivity index (χ0v) is 8.77. The van der Waals surface area contributed by atoms with Crippen molar-refractivity contribution in [2.75, 3.05) is 0 Å². The molecule has 0 unspecified atom stereocenters. The maximum atomic E-state index is 11.4. The summed E-state index contributed by atoms with van der Waals surface area (Å²) in [6.45, 7) is 0.158. The Hall–Kier alpha value is -1.85. The molecule has 0 aromatic carbocycles. The average Bonchev–Trinajstić information content (AvgIpc) is 2.78. The number of carbonyl (C=O) groups excluding carboxylic acids is 1. The molecule has 6 heteroatoms. The van der Waals surface area contributed by atoms with Gasteiger partial charge in [0.15, 0.2) is 0 Å². The highest BCUT2D eigenvalue weighted by Crippen LogP contribution is 1.99. The van der Waals surface area contributed by atoms with Crippen LogP contribution in [0.2, 0.25) is 0 Å². The zero-order valence-electron chi connectivity index (χ0n) is 9.77. The summed E-state index contributed by atoms with van der Waals surface area (Å²) in [5.41, 5.74) is 0.651. The van der Waals surface area contributed by atoms with Gasteiger partial charge in [0, 0.05) is 26.1 Å². The van der Waals surface area contributed by atoms with E-state index in [1.54, 1.807) is 0 Å². The second-order valence-corrected chi connectivity index (χ2v) is 3.34. The van der Waals surface area contributed by atoms with Crippen LogP contribution >= 0.6 is 0 Å². The van der Waals surface area contributed by atoms with Crippen LogP contribution in [0.5, 0.6) is 0 Å². The highest BCUT2D eigenvalue weighted by molar-refractivity contribution is 5.83. The average molecular weight is 226 g/mol. The monoisotopic (exact) mass is 226 g/mol. The fourth-order valence-corrected chi connectivity index (χ4v) is 1.24. The molecule has 1 amide bonds. The molecule has 16 heavy (non-hydrogen) atoms. The van der Waals surface area contributed by atoms with Crippen LogP contribution < -0.4 is 5.32 Å². The second-order valence-electron chi connectivity index (χ2n) is 3.34. The molecule has 1 aromatic rings. The number of amides is 1. The van der Waals surface area contributed by atoms with Crippen LogP contribution in [0.15, 0.2) is 12.5 Å². The van der Waals surface area contributed by atoms with E-state index in [1.807, 2.05) is 0 Å². The van der Waals surface area contributed by atoms with Crippen LogP contribution in [0, 0.1) is 0 Å². The van der Waals surface area contributed by atoms with Crippen molar-refractivity contribution in [3.8, 4) is 0 Å². The van der Waals surface area contributed by atoms with Crippen LogP contribution in [0.3, 0.4) is 0 Å². The summed E-state index contributed by atoms with van der Waals surface area (Å²) in [5, 5.41) is 11.4. The standard InChI is InChI=1S/C10H15N3O3/c1-2-3-9(14)13-8(10(15)16)4-7-5-11-6-12-7/h5-6,8H,2-4H2,1H3,(H,11,12)(H,13,14)(H,15,16)/t8-/m0/s1/i1D. The molecule has 88 valence electrons. The van der Waals surface area contributed by atoms with Crippen molar-refractivity contribution in [1.82, 2.24) is 15.3 Å². The van der Waals surface area contributed by atoms with Gasteiger partial charge in [0.1, 0.15) is 6.04 Å². The van der Waals surface area contributed by atoms with Crippen molar-refractivity contribution in [2.45, 2.75) is 32.2 Å². The Morgan fingerprint density at radius 2 is 2.56 bits per heavy atom. The first-order chi connectivity index (χ1) is 8.13. The third-order valence-electron chi connectivity index (χ3n) is 2.02. The van der Waals surface area contributed by atoms with E-state index in [0.29, 0.717) is 12.1 Å². The van der Waals surface area contributed by atoms with Gasteiger partial charge >= 0.3 is 5.97 Å². The van der Waals surface area contributed by atoms with E-state index in [-0.39, 0.29) is 25.6 Å². The highest BCUT2D eigenvalue weighted by Gasteiger charge is 2.20. The topological polar surface area (TPSA) is 95.1 Å². The van der Waals surface area contributed by atoms with Crippen molar-refractivity contribution >= 4 is 11.9 Å². The number of rotatable bonds is 6. The summed E-state index contributed by atoms with van der Waals surface area (Å²) >= 11 is 0. The fourth-order valence-electron chi connectivity index (χ4n) is 1.24. The molecule has 0 saturated heterocycles. The SMILES string of the molecule is [2H]CCCC(=O)N[C@@H](Cc1cnc[nH]1)C(=O)O. The molecule has 1 aromatic heterocycles. The smallest absolute Gasteiger partial charge is 0.326 e. The summed E-state index contributed by atoms with van der Waals surface area (Å²) in [6.07, 6.45) is 3.75. The predicted octanol–water partition coefficient (Wildman–Crippen LogP) is 0.322. The minimum absolute atomic E-state index is 0.158. The molecule has 0 radical (unpaired) electrons. The molecule has 0 aliphatic heterocycles. The Morgan fingerprint density at radius 3 is 3.12 bits per heavy atom. The van der Waals surface area contributed by atoms with Crippen molar-refractivity contribution < 1.29 is 16.1 Å². The van der Waals surface area contributed by atoms with Crippen molar-refractivity contribution in [1.29, 1.82) is 0 Å². The van der Waals surface area contributed by atoms with Gasteiger partial charge in [0.05, 0.1) is 6.33 Å². The van der Waals surface area contributed by atoms with Gasteiger partial charge in [-0.1, -0.05) is 6.90 Å². The van der Waals surface area contributed by atoms with Gasteiger partial charge in [-0.3, -0.25) is 4.79 Å². The lowest BCUT2D eigenvalue weighted by molar-refractivity contribution is -0.141. The summed E-state index contributed by atoms with van der Waals surface area (Å²) in [7, 11) is 0. The molecule has 0 fully saturated rings. The lowest BCUT2D eigenvalue weighted by Gasteiger charge is -2.13. The first-order valence-corrected chi connectivity index (χ1v) is 4.92. The Balaban J connectivity index is 2.49. The zero-order chi connectivity index (χ0) is 12.7. The number of imidazole rings is 1. The number of carboxylic acid groups (broad SMARTS) is 1. The third kappa shape index (κ3) is 3.72. The van der Waals surface area contributed by atoms with Gasteiger partial charge in [0.2, 0.25) is 5.91 Å². The molecule has 1 atom stereocenters. The van der Waals surface area contributed by atoms with Crippen molar-refractivity contribution in [3.05, 3.63) is 18.2 Å². The van der Waals surface area contributed by atoms with Crippen LogP contribution in [0.1, 0.15) is 26.8 Å². The quantitative estimate of drug-likeness (QED) is 0.651. The van der Waals surface area contributed by atoms with Gasteiger partial charge in [-0.05, 0) is 6.42 Å². The van der Waals surface area contributed by atoms with Gasteiger partial charge in [-0.2, -0.15) is 0 Å². The minimum Gasteiger partial charge on any atom is -0.480 e. The Bertz CT molecular complexity index is 367. The molecular weight excluding hydrogens is 210 g/mol. The fraction of sp³-hybridized carbons (Fsp3) is 0.500. The molecule has 0 saturated carbocycles. The number of nitrogens with one attached hydrogen (secondary N) is 2. The summed E-state index contributed by atoms with van der Waals surface area (Å²) in [5.74, 6) is -1.43. The van der Waals surface area contributed by atoms with E-state index < -0.39 is 12.0 Å². The molecule has 1 heterocycles. The maximum absolute atomic E-state index is 11.4. The maximum Gasteiger partial charge on any atom is 0.326 e. The number of H-pyrrole nitrogens is 1. The highest BCUT2D eigenvalue weighted by atomic mass is 16.4. The van der Waals surface area contributed by atoms with Crippen LogP contribution in [0.4, 0.5) is 0 Å². The Kier molecular flexibility index (Phi) is 3.93. The molecule has 3 N–H and O–H groups in total. The number of aromatic nitrogens is 2. The van der Waals surface area contributed by atoms with Crippen molar-refractivity contribution in [3.63, 3.8) is 0 Å². The van der Waals surface area contributed by atoms with Crippen molar-refractivity contribution in [2.24, 2.45) is 0 Å². The van der Waals surface area contributed by atoms with E-state index in [1.165, 1.54) is 12.5 Å². The molecule has 0 aliphatic carbocycles. The normalized spacial score (nSPS) is 12.9. The van der Waals surface area contributed by atoms with E-state index >= 15 is 0 Å². The first-order valence-electron chi connectivity index (χ1n) is 5.63. The van der Waals surface area contributed by atoms with Crippen LogP contribution in [-0.4, -0.2) is 33.0 Å². The van der Waals surface area contributed by atoms with Gasteiger partial charge in [0.25, 0.3) is 0 Å². The minimum atomic E-state index is -1.08. The largest absolute Gasteiger partial charge is 0.480 e. The molecular formula is C10H15N3O3. The molecule has 6 nitrogen and oxygen atoms in total. The summed E-state index contributed by atoms with van der Waals surface area (Å²) in [6, 6.07) is -0.964. The lowest BCUT2D eigenvalue weighted by atomic mass is 10.1. The van der Waals surface area contributed by atoms with Crippen LogP contribution in [-0.2, 0) is 16.0 Å².